The van der Waals surface area contributed by atoms with Crippen LogP contribution in [0, 0.1) is 0 Å². The Kier molecular flexibility index (Phi) is 4.47. The van der Waals surface area contributed by atoms with Crippen LogP contribution in [-0.4, -0.2) is 5.11 Å². The molecule has 0 aliphatic carbocycles. The Morgan fingerprint density at radius 1 is 1.11 bits per heavy atom. The molecule has 0 amide bonds. The van der Waals surface area contributed by atoms with E-state index < -0.39 is 0 Å². The van der Waals surface area contributed by atoms with Crippen LogP contribution >= 0.6 is 35.4 Å². The number of anilines is 1. The van der Waals surface area contributed by atoms with E-state index >= 15 is 0 Å². The van der Waals surface area contributed by atoms with Gasteiger partial charge in [0.05, 0.1) is 10.7 Å². The summed E-state index contributed by atoms with van der Waals surface area (Å²) in [6.45, 7) is 0. The highest BCUT2D eigenvalue weighted by molar-refractivity contribution is 7.80. The second kappa shape index (κ2) is 6.10. The minimum atomic E-state index is 0.131. The fourth-order valence-electron chi connectivity index (χ4n) is 1.47. The van der Waals surface area contributed by atoms with Crippen molar-refractivity contribution in [1.29, 1.82) is 0 Å². The summed E-state index contributed by atoms with van der Waals surface area (Å²) in [5.41, 5.74) is 6.05. The maximum absolute atomic E-state index is 6.04. The van der Waals surface area contributed by atoms with Crippen molar-refractivity contribution in [2.24, 2.45) is 5.73 Å². The zero-order valence-electron chi connectivity index (χ0n) is 9.69. The van der Waals surface area contributed by atoms with Gasteiger partial charge < -0.3 is 15.8 Å². The highest BCUT2D eigenvalue weighted by Gasteiger charge is 2.08. The van der Waals surface area contributed by atoms with Gasteiger partial charge in [-0.3, -0.25) is 0 Å². The first-order valence-corrected chi connectivity index (χ1v) is 6.51. The number of ether oxygens (including phenoxy) is 1. The average molecular weight is 313 g/mol. The van der Waals surface area contributed by atoms with Gasteiger partial charge in [0.15, 0.2) is 10.9 Å². The number of hydrogen-bond acceptors (Lipinski definition) is 2. The number of thiocarbonyl (C=S) groups is 1. The molecule has 0 radical (unpaired) electrons. The third kappa shape index (κ3) is 3.73. The lowest BCUT2D eigenvalue weighted by molar-refractivity contribution is 0.485. The van der Waals surface area contributed by atoms with E-state index in [0.717, 1.165) is 0 Å². The summed E-state index contributed by atoms with van der Waals surface area (Å²) in [7, 11) is 0. The second-order valence-electron chi connectivity index (χ2n) is 3.66. The van der Waals surface area contributed by atoms with Gasteiger partial charge in [-0.25, -0.2) is 0 Å². The highest BCUT2D eigenvalue weighted by atomic mass is 35.5. The van der Waals surface area contributed by atoms with Gasteiger partial charge >= 0.3 is 0 Å². The topological polar surface area (TPSA) is 47.3 Å². The van der Waals surface area contributed by atoms with Crippen LogP contribution in [0.3, 0.4) is 0 Å². The van der Waals surface area contributed by atoms with Gasteiger partial charge in [0.1, 0.15) is 5.75 Å². The van der Waals surface area contributed by atoms with Crippen LogP contribution in [0.2, 0.25) is 10.0 Å². The van der Waals surface area contributed by atoms with Crippen molar-refractivity contribution in [3.05, 3.63) is 52.5 Å². The summed E-state index contributed by atoms with van der Waals surface area (Å²) >= 11 is 16.8. The Hall–Kier alpha value is -1.49. The fraction of sp³-hybridized carbons (Fsp3) is 0. The van der Waals surface area contributed by atoms with Crippen molar-refractivity contribution < 1.29 is 4.74 Å². The van der Waals surface area contributed by atoms with Crippen molar-refractivity contribution in [2.45, 2.75) is 0 Å². The van der Waals surface area contributed by atoms with Crippen molar-refractivity contribution in [1.82, 2.24) is 0 Å². The quantitative estimate of drug-likeness (QED) is 0.822. The molecule has 6 heteroatoms. The summed E-state index contributed by atoms with van der Waals surface area (Å²) in [5, 5.41) is 4.00. The van der Waals surface area contributed by atoms with Crippen LogP contribution in [0.5, 0.6) is 11.5 Å². The summed E-state index contributed by atoms with van der Waals surface area (Å²) in [4.78, 5) is 0. The van der Waals surface area contributed by atoms with Crippen molar-refractivity contribution in [3.8, 4) is 11.5 Å². The molecule has 0 atom stereocenters. The number of para-hydroxylation sites is 1. The van der Waals surface area contributed by atoms with Crippen LogP contribution in [0.4, 0.5) is 5.69 Å². The smallest absolute Gasteiger partial charge is 0.168 e. The van der Waals surface area contributed by atoms with E-state index in [1.165, 1.54) is 0 Å². The van der Waals surface area contributed by atoms with Gasteiger partial charge in [-0.2, -0.15) is 0 Å². The molecule has 98 valence electrons. The van der Waals surface area contributed by atoms with E-state index in [4.69, 9.17) is 45.9 Å². The molecule has 2 aromatic rings. The fourth-order valence-corrected chi connectivity index (χ4v) is 1.92. The van der Waals surface area contributed by atoms with Gasteiger partial charge in [0.25, 0.3) is 0 Å². The first-order valence-electron chi connectivity index (χ1n) is 5.34. The molecule has 19 heavy (non-hydrogen) atoms. The molecule has 0 aliphatic heterocycles. The SMILES string of the molecule is NC(=S)Nc1cc(Cl)ccc1Oc1ccccc1Cl. The average Bonchev–Trinajstić information content (AvgIpc) is 2.34. The molecular weight excluding hydrogens is 303 g/mol. The first kappa shape index (κ1) is 13.9. The predicted molar refractivity (Wildman–Crippen MR) is 83.4 cm³/mol. The molecule has 0 saturated carbocycles. The predicted octanol–water partition coefficient (Wildman–Crippen LogP) is 4.44. The molecule has 0 fully saturated rings. The molecule has 0 aliphatic rings. The van der Waals surface area contributed by atoms with Gasteiger partial charge in [-0.1, -0.05) is 35.3 Å². The number of nitrogens with two attached hydrogens (primary N) is 1. The standard InChI is InChI=1S/C13H10Cl2N2OS/c14-8-5-6-12(10(7-8)17-13(16)19)18-11-4-2-1-3-9(11)15/h1-7H,(H3,16,17,19). The van der Waals surface area contributed by atoms with E-state index in [0.29, 0.717) is 27.2 Å². The zero-order valence-corrected chi connectivity index (χ0v) is 12.0. The second-order valence-corrected chi connectivity index (χ2v) is 4.95. The van der Waals surface area contributed by atoms with Gasteiger partial charge in [-0.15, -0.1) is 0 Å². The molecule has 0 bridgehead atoms. The molecule has 2 aromatic carbocycles. The Balaban J connectivity index is 2.34. The molecule has 0 heterocycles. The number of benzene rings is 2. The van der Waals surface area contributed by atoms with Gasteiger partial charge in [0, 0.05) is 5.02 Å². The summed E-state index contributed by atoms with van der Waals surface area (Å²) in [6, 6.07) is 12.3. The Labute approximate surface area is 126 Å². The monoisotopic (exact) mass is 312 g/mol. The Morgan fingerprint density at radius 3 is 2.53 bits per heavy atom. The lowest BCUT2D eigenvalue weighted by atomic mass is 10.3. The van der Waals surface area contributed by atoms with Crippen molar-refractivity contribution >= 4 is 46.2 Å². The molecule has 2 rings (SSSR count). The minimum Gasteiger partial charge on any atom is -0.454 e. The normalized spacial score (nSPS) is 10.0. The number of rotatable bonds is 3. The molecule has 0 spiro atoms. The van der Waals surface area contributed by atoms with Crippen LogP contribution in [0.25, 0.3) is 0 Å². The van der Waals surface area contributed by atoms with Crippen LogP contribution < -0.4 is 15.8 Å². The first-order chi connectivity index (χ1) is 9.06. The molecule has 0 aromatic heterocycles. The molecular formula is C13H10Cl2N2OS. The molecule has 0 saturated heterocycles. The third-order valence-electron chi connectivity index (χ3n) is 2.26. The van der Waals surface area contributed by atoms with Gasteiger partial charge in [-0.05, 0) is 42.5 Å². The van der Waals surface area contributed by atoms with Gasteiger partial charge in [0.2, 0.25) is 0 Å². The molecule has 0 unspecified atom stereocenters. The summed E-state index contributed by atoms with van der Waals surface area (Å²) in [6.07, 6.45) is 0. The summed E-state index contributed by atoms with van der Waals surface area (Å²) < 4.78 is 5.73. The minimum absolute atomic E-state index is 0.131. The number of nitrogens with one attached hydrogen (secondary N) is 1. The zero-order chi connectivity index (χ0) is 13.8. The Morgan fingerprint density at radius 2 is 1.84 bits per heavy atom. The van der Waals surface area contributed by atoms with E-state index in [1.54, 1.807) is 30.3 Å². The summed E-state index contributed by atoms with van der Waals surface area (Å²) in [5.74, 6) is 1.07. The number of hydrogen-bond donors (Lipinski definition) is 2. The largest absolute Gasteiger partial charge is 0.454 e. The van der Waals surface area contributed by atoms with E-state index in [1.807, 2.05) is 12.1 Å². The van der Waals surface area contributed by atoms with Crippen molar-refractivity contribution in [2.75, 3.05) is 5.32 Å². The van der Waals surface area contributed by atoms with E-state index in [-0.39, 0.29) is 5.11 Å². The molecule has 3 N–H and O–H groups in total. The maximum Gasteiger partial charge on any atom is 0.168 e. The highest BCUT2D eigenvalue weighted by Crippen LogP contribution is 2.34. The lowest BCUT2D eigenvalue weighted by Gasteiger charge is -2.13. The Bertz CT molecular complexity index is 619. The van der Waals surface area contributed by atoms with E-state index in [2.05, 4.69) is 5.32 Å². The van der Waals surface area contributed by atoms with Crippen LogP contribution in [0.15, 0.2) is 42.5 Å². The molecule has 3 nitrogen and oxygen atoms in total. The van der Waals surface area contributed by atoms with Crippen molar-refractivity contribution in [3.63, 3.8) is 0 Å². The maximum atomic E-state index is 6.04. The van der Waals surface area contributed by atoms with E-state index in [9.17, 15) is 0 Å². The third-order valence-corrected chi connectivity index (χ3v) is 2.91. The lowest BCUT2D eigenvalue weighted by Crippen LogP contribution is -2.19. The number of halogens is 2. The van der Waals surface area contributed by atoms with Crippen LogP contribution in [0.1, 0.15) is 0 Å². The van der Waals surface area contributed by atoms with Crippen LogP contribution in [-0.2, 0) is 0 Å².